The summed E-state index contributed by atoms with van der Waals surface area (Å²) in [6, 6.07) is 17.1. The lowest BCUT2D eigenvalue weighted by Crippen LogP contribution is -2.09. The predicted molar refractivity (Wildman–Crippen MR) is 86.2 cm³/mol. The van der Waals surface area contributed by atoms with Crippen LogP contribution in [0, 0.1) is 11.3 Å². The lowest BCUT2D eigenvalue weighted by atomic mass is 10.1. The van der Waals surface area contributed by atoms with Crippen molar-refractivity contribution in [3.05, 3.63) is 80.2 Å². The molecule has 1 N–H and O–H groups in total. The van der Waals surface area contributed by atoms with Crippen LogP contribution in [0.2, 0.25) is 0 Å². The van der Waals surface area contributed by atoms with Crippen molar-refractivity contribution in [3.8, 4) is 6.07 Å². The molecule has 0 unspecified atom stereocenters. The molecule has 2 aromatic carbocycles. The molecule has 0 spiro atoms. The predicted octanol–water partition coefficient (Wildman–Crippen LogP) is 3.75. The Morgan fingerprint density at radius 1 is 1.10 bits per heavy atom. The Kier molecular flexibility index (Phi) is 3.59. The summed E-state index contributed by atoms with van der Waals surface area (Å²) in [5.41, 5.74) is 2.47. The third kappa shape index (κ3) is 2.88. The Bertz CT molecular complexity index is 905. The van der Waals surface area contributed by atoms with Gasteiger partial charge in [0, 0.05) is 22.0 Å². The van der Waals surface area contributed by atoms with Crippen molar-refractivity contribution in [3.63, 3.8) is 0 Å². The van der Waals surface area contributed by atoms with E-state index in [4.69, 9.17) is 5.26 Å². The number of fused-ring (bicyclic) bond motifs is 1. The van der Waals surface area contributed by atoms with Crippen molar-refractivity contribution in [2.75, 3.05) is 0 Å². The van der Waals surface area contributed by atoms with Gasteiger partial charge in [0.15, 0.2) is 0 Å². The molecule has 0 radical (unpaired) electrons. The van der Waals surface area contributed by atoms with Gasteiger partial charge >= 0.3 is 0 Å². The van der Waals surface area contributed by atoms with Gasteiger partial charge in [-0.25, -0.2) is 0 Å². The van der Waals surface area contributed by atoms with Gasteiger partial charge in [-0.3, -0.25) is 4.79 Å². The zero-order valence-corrected chi connectivity index (χ0v) is 12.6. The first-order chi connectivity index (χ1) is 10.2. The second-order valence-corrected chi connectivity index (χ2v) is 5.76. The molecule has 0 amide bonds. The minimum absolute atomic E-state index is 0.0857. The summed E-state index contributed by atoms with van der Waals surface area (Å²) in [5.74, 6) is 0. The number of benzene rings is 2. The largest absolute Gasteiger partial charge is 0.325 e. The van der Waals surface area contributed by atoms with Gasteiger partial charge in [-0.15, -0.1) is 0 Å². The minimum atomic E-state index is -0.0857. The molecule has 0 saturated heterocycles. The van der Waals surface area contributed by atoms with Crippen LogP contribution in [-0.4, -0.2) is 4.98 Å². The van der Waals surface area contributed by atoms with Gasteiger partial charge in [-0.1, -0.05) is 34.1 Å². The molecule has 0 atom stereocenters. The van der Waals surface area contributed by atoms with Crippen LogP contribution in [0.5, 0.6) is 0 Å². The molecule has 21 heavy (non-hydrogen) atoms. The average molecular weight is 339 g/mol. The van der Waals surface area contributed by atoms with E-state index in [1.165, 1.54) is 0 Å². The number of pyridine rings is 1. The van der Waals surface area contributed by atoms with Gasteiger partial charge < -0.3 is 4.98 Å². The Balaban J connectivity index is 1.99. The van der Waals surface area contributed by atoms with Crippen molar-refractivity contribution in [2.24, 2.45) is 0 Å². The summed E-state index contributed by atoms with van der Waals surface area (Å²) in [6.07, 6.45) is 0.632. The SMILES string of the molecule is N#Cc1ccc(Cc2cc3ccc(Br)cc3c(=O)[nH]2)cc1. The summed E-state index contributed by atoms with van der Waals surface area (Å²) in [7, 11) is 0. The van der Waals surface area contributed by atoms with Crippen LogP contribution in [0.3, 0.4) is 0 Å². The summed E-state index contributed by atoms with van der Waals surface area (Å²) < 4.78 is 0.889. The molecule has 3 rings (SSSR count). The van der Waals surface area contributed by atoms with E-state index in [0.29, 0.717) is 17.4 Å². The van der Waals surface area contributed by atoms with Crippen LogP contribution in [0.25, 0.3) is 10.8 Å². The molecular formula is C17H11BrN2O. The van der Waals surface area contributed by atoms with E-state index in [1.54, 1.807) is 12.1 Å². The number of aromatic amines is 1. The molecule has 0 bridgehead atoms. The van der Waals surface area contributed by atoms with E-state index in [0.717, 1.165) is 21.1 Å². The molecule has 4 heteroatoms. The fourth-order valence-electron chi connectivity index (χ4n) is 2.30. The van der Waals surface area contributed by atoms with Crippen LogP contribution in [0.1, 0.15) is 16.8 Å². The zero-order valence-electron chi connectivity index (χ0n) is 11.1. The Hall–Kier alpha value is -2.38. The summed E-state index contributed by atoms with van der Waals surface area (Å²) in [6.45, 7) is 0. The standard InChI is InChI=1S/C17H11BrN2O/c18-14-6-5-13-8-15(20-17(21)16(13)9-14)7-11-1-3-12(10-19)4-2-11/h1-6,8-9H,7H2,(H,20,21). The highest BCUT2D eigenvalue weighted by molar-refractivity contribution is 9.10. The van der Waals surface area contributed by atoms with E-state index >= 15 is 0 Å². The maximum atomic E-state index is 12.1. The number of H-pyrrole nitrogens is 1. The quantitative estimate of drug-likeness (QED) is 0.773. The van der Waals surface area contributed by atoms with Crippen molar-refractivity contribution < 1.29 is 0 Å². The first-order valence-corrected chi connectivity index (χ1v) is 7.25. The van der Waals surface area contributed by atoms with Gasteiger partial charge in [0.2, 0.25) is 0 Å². The fraction of sp³-hybridized carbons (Fsp3) is 0.0588. The Morgan fingerprint density at radius 2 is 1.86 bits per heavy atom. The second kappa shape index (κ2) is 5.55. The molecule has 1 heterocycles. The van der Waals surface area contributed by atoms with Crippen LogP contribution in [-0.2, 0) is 6.42 Å². The van der Waals surface area contributed by atoms with Crippen LogP contribution < -0.4 is 5.56 Å². The van der Waals surface area contributed by atoms with Crippen molar-refractivity contribution >= 4 is 26.7 Å². The molecule has 0 saturated carbocycles. The van der Waals surface area contributed by atoms with Gasteiger partial charge in [0.1, 0.15) is 0 Å². The zero-order chi connectivity index (χ0) is 14.8. The van der Waals surface area contributed by atoms with Gasteiger partial charge in [0.05, 0.1) is 11.6 Å². The van der Waals surface area contributed by atoms with E-state index in [2.05, 4.69) is 27.0 Å². The fourth-order valence-corrected chi connectivity index (χ4v) is 2.66. The van der Waals surface area contributed by atoms with Gasteiger partial charge in [0.25, 0.3) is 5.56 Å². The maximum Gasteiger partial charge on any atom is 0.256 e. The topological polar surface area (TPSA) is 56.6 Å². The van der Waals surface area contributed by atoms with Crippen molar-refractivity contribution in [2.45, 2.75) is 6.42 Å². The molecule has 0 fully saturated rings. The van der Waals surface area contributed by atoms with Crippen LogP contribution >= 0.6 is 15.9 Å². The summed E-state index contributed by atoms with van der Waals surface area (Å²) in [5, 5.41) is 10.4. The maximum absolute atomic E-state index is 12.1. The number of aromatic nitrogens is 1. The van der Waals surface area contributed by atoms with E-state index in [-0.39, 0.29) is 5.56 Å². The highest BCUT2D eigenvalue weighted by atomic mass is 79.9. The van der Waals surface area contributed by atoms with Gasteiger partial charge in [-0.05, 0) is 41.3 Å². The Morgan fingerprint density at radius 3 is 2.57 bits per heavy atom. The number of hydrogen-bond donors (Lipinski definition) is 1. The smallest absolute Gasteiger partial charge is 0.256 e. The number of hydrogen-bond acceptors (Lipinski definition) is 2. The van der Waals surface area contributed by atoms with Crippen LogP contribution in [0.15, 0.2) is 57.8 Å². The average Bonchev–Trinajstić information content (AvgIpc) is 2.49. The first-order valence-electron chi connectivity index (χ1n) is 6.46. The lowest BCUT2D eigenvalue weighted by molar-refractivity contribution is 1.06. The summed E-state index contributed by atoms with van der Waals surface area (Å²) >= 11 is 3.37. The monoisotopic (exact) mass is 338 g/mol. The van der Waals surface area contributed by atoms with E-state index in [1.807, 2.05) is 36.4 Å². The third-order valence-electron chi connectivity index (χ3n) is 3.34. The highest BCUT2D eigenvalue weighted by Gasteiger charge is 2.04. The number of nitriles is 1. The molecular weight excluding hydrogens is 328 g/mol. The number of halogens is 1. The summed E-state index contributed by atoms with van der Waals surface area (Å²) in [4.78, 5) is 15.0. The molecule has 1 aromatic heterocycles. The van der Waals surface area contributed by atoms with E-state index in [9.17, 15) is 4.79 Å². The molecule has 0 aliphatic heterocycles. The molecule has 3 nitrogen and oxygen atoms in total. The van der Waals surface area contributed by atoms with Crippen LogP contribution in [0.4, 0.5) is 0 Å². The molecule has 0 aliphatic carbocycles. The lowest BCUT2D eigenvalue weighted by Gasteiger charge is -2.05. The molecule has 3 aromatic rings. The second-order valence-electron chi connectivity index (χ2n) is 4.84. The number of nitrogens with one attached hydrogen (secondary N) is 1. The highest BCUT2D eigenvalue weighted by Crippen LogP contribution is 2.18. The minimum Gasteiger partial charge on any atom is -0.325 e. The van der Waals surface area contributed by atoms with E-state index < -0.39 is 0 Å². The van der Waals surface area contributed by atoms with Crippen molar-refractivity contribution in [1.82, 2.24) is 4.98 Å². The molecule has 102 valence electrons. The first kappa shape index (κ1) is 13.6. The number of rotatable bonds is 2. The molecule has 0 aliphatic rings. The number of nitrogens with zero attached hydrogens (tertiary/aromatic N) is 1. The Labute approximate surface area is 130 Å². The van der Waals surface area contributed by atoms with Crippen molar-refractivity contribution in [1.29, 1.82) is 5.26 Å². The normalized spacial score (nSPS) is 10.5. The third-order valence-corrected chi connectivity index (χ3v) is 3.83. The van der Waals surface area contributed by atoms with Gasteiger partial charge in [-0.2, -0.15) is 5.26 Å².